The fourth-order valence-electron chi connectivity index (χ4n) is 2.75. The summed E-state index contributed by atoms with van der Waals surface area (Å²) >= 11 is 0. The molecule has 1 fully saturated rings. The number of halogens is 3. The minimum absolute atomic E-state index is 0.0413. The molecule has 0 spiro atoms. The van der Waals surface area contributed by atoms with Gasteiger partial charge in [-0.15, -0.1) is 0 Å². The zero-order valence-electron chi connectivity index (χ0n) is 11.9. The number of hydrogen-bond donors (Lipinski definition) is 1. The van der Waals surface area contributed by atoms with Crippen LogP contribution in [0.4, 0.5) is 13.2 Å². The Morgan fingerprint density at radius 1 is 1.38 bits per heavy atom. The van der Waals surface area contributed by atoms with Gasteiger partial charge in [-0.3, -0.25) is 4.79 Å². The molecular formula is C15H19F3N2O. The minimum Gasteiger partial charge on any atom is -0.341 e. The van der Waals surface area contributed by atoms with Gasteiger partial charge >= 0.3 is 6.18 Å². The molecule has 6 heteroatoms. The lowest BCUT2D eigenvalue weighted by Gasteiger charge is -2.21. The molecule has 0 aromatic heterocycles. The number of rotatable bonds is 3. The first kappa shape index (κ1) is 15.8. The van der Waals surface area contributed by atoms with Crippen LogP contribution in [0, 0.1) is 5.92 Å². The Hall–Kier alpha value is -1.56. The molecule has 0 aliphatic heterocycles. The standard InChI is InChI=1S/C15H19F3N2O/c1-20(14(21)11-5-6-13(19)8-11)9-10-3-2-4-12(7-10)15(16,17)18/h2-4,7,11,13H,5-6,8-9,19H2,1H3. The van der Waals surface area contributed by atoms with Gasteiger partial charge in [-0.25, -0.2) is 0 Å². The summed E-state index contributed by atoms with van der Waals surface area (Å²) in [4.78, 5) is 13.7. The minimum atomic E-state index is -4.36. The molecule has 116 valence electrons. The van der Waals surface area contributed by atoms with Crippen molar-refractivity contribution in [3.8, 4) is 0 Å². The normalized spacial score (nSPS) is 22.3. The first-order valence-corrected chi connectivity index (χ1v) is 6.94. The molecule has 1 aliphatic rings. The fourth-order valence-corrected chi connectivity index (χ4v) is 2.75. The number of carbonyl (C=O) groups is 1. The molecule has 1 aromatic rings. The van der Waals surface area contributed by atoms with Crippen LogP contribution in [-0.2, 0) is 17.5 Å². The van der Waals surface area contributed by atoms with Crippen molar-refractivity contribution in [3.05, 3.63) is 35.4 Å². The summed E-state index contributed by atoms with van der Waals surface area (Å²) in [5, 5.41) is 0. The Kier molecular flexibility index (Phi) is 4.56. The van der Waals surface area contributed by atoms with E-state index in [2.05, 4.69) is 0 Å². The van der Waals surface area contributed by atoms with Crippen LogP contribution in [0.2, 0.25) is 0 Å². The van der Waals surface area contributed by atoms with Gasteiger partial charge in [0.2, 0.25) is 5.91 Å². The van der Waals surface area contributed by atoms with Crippen molar-refractivity contribution >= 4 is 5.91 Å². The van der Waals surface area contributed by atoms with Crippen LogP contribution in [0.3, 0.4) is 0 Å². The summed E-state index contributed by atoms with van der Waals surface area (Å²) in [5.74, 6) is -0.142. The zero-order valence-corrected chi connectivity index (χ0v) is 11.9. The highest BCUT2D eigenvalue weighted by Crippen LogP contribution is 2.30. The molecular weight excluding hydrogens is 281 g/mol. The molecule has 0 radical (unpaired) electrons. The van der Waals surface area contributed by atoms with Gasteiger partial charge in [-0.2, -0.15) is 13.2 Å². The molecule has 1 aliphatic carbocycles. The Bertz CT molecular complexity index is 516. The number of nitrogens with two attached hydrogens (primary N) is 1. The lowest BCUT2D eigenvalue weighted by Crippen LogP contribution is -2.32. The van der Waals surface area contributed by atoms with E-state index in [0.717, 1.165) is 25.0 Å². The lowest BCUT2D eigenvalue weighted by molar-refractivity contribution is -0.137. The summed E-state index contributed by atoms with van der Waals surface area (Å²) in [5.41, 5.74) is 5.57. The summed E-state index contributed by atoms with van der Waals surface area (Å²) in [7, 11) is 1.62. The van der Waals surface area contributed by atoms with Crippen LogP contribution < -0.4 is 5.73 Å². The van der Waals surface area contributed by atoms with Gasteiger partial charge in [0.05, 0.1) is 5.56 Å². The van der Waals surface area contributed by atoms with Gasteiger partial charge in [-0.05, 0) is 37.0 Å². The highest BCUT2D eigenvalue weighted by atomic mass is 19.4. The topological polar surface area (TPSA) is 46.3 Å². The second-order valence-electron chi connectivity index (χ2n) is 5.66. The Morgan fingerprint density at radius 3 is 2.67 bits per heavy atom. The largest absolute Gasteiger partial charge is 0.416 e. The second-order valence-corrected chi connectivity index (χ2v) is 5.66. The van der Waals surface area contributed by atoms with Crippen LogP contribution in [0.25, 0.3) is 0 Å². The zero-order chi connectivity index (χ0) is 15.6. The van der Waals surface area contributed by atoms with E-state index in [0.29, 0.717) is 12.0 Å². The molecule has 1 aromatic carbocycles. The van der Waals surface area contributed by atoms with E-state index in [4.69, 9.17) is 5.73 Å². The highest BCUT2D eigenvalue weighted by Gasteiger charge is 2.31. The molecule has 21 heavy (non-hydrogen) atoms. The van der Waals surface area contributed by atoms with Crippen molar-refractivity contribution in [1.82, 2.24) is 4.90 Å². The summed E-state index contributed by atoms with van der Waals surface area (Å²) < 4.78 is 38.0. The van der Waals surface area contributed by atoms with E-state index in [-0.39, 0.29) is 24.4 Å². The maximum atomic E-state index is 12.7. The van der Waals surface area contributed by atoms with E-state index in [1.165, 1.54) is 11.0 Å². The maximum absolute atomic E-state index is 12.7. The Balaban J connectivity index is 2.02. The summed E-state index contributed by atoms with van der Waals surface area (Å²) in [6, 6.07) is 5.13. The average Bonchev–Trinajstić information content (AvgIpc) is 2.84. The predicted octanol–water partition coefficient (Wildman–Crippen LogP) is 2.79. The summed E-state index contributed by atoms with van der Waals surface area (Å²) in [6.07, 6.45) is -2.12. The molecule has 2 rings (SSSR count). The van der Waals surface area contributed by atoms with Crippen LogP contribution in [0.5, 0.6) is 0 Å². The van der Waals surface area contributed by atoms with Crippen molar-refractivity contribution in [2.75, 3.05) is 7.05 Å². The molecule has 2 unspecified atom stereocenters. The SMILES string of the molecule is CN(Cc1cccc(C(F)(F)F)c1)C(=O)C1CCC(N)C1. The molecule has 3 nitrogen and oxygen atoms in total. The second kappa shape index (κ2) is 6.05. The van der Waals surface area contributed by atoms with Gasteiger partial charge in [0.15, 0.2) is 0 Å². The fraction of sp³-hybridized carbons (Fsp3) is 0.533. The lowest BCUT2D eigenvalue weighted by atomic mass is 10.1. The van der Waals surface area contributed by atoms with E-state index in [1.807, 2.05) is 0 Å². The Labute approximate surface area is 121 Å². The van der Waals surface area contributed by atoms with Crippen LogP contribution >= 0.6 is 0 Å². The molecule has 0 heterocycles. The van der Waals surface area contributed by atoms with E-state index >= 15 is 0 Å². The average molecular weight is 300 g/mol. The number of carbonyl (C=O) groups excluding carboxylic acids is 1. The molecule has 0 bridgehead atoms. The summed E-state index contributed by atoms with van der Waals surface area (Å²) in [6.45, 7) is 0.175. The number of alkyl halides is 3. The predicted molar refractivity (Wildman–Crippen MR) is 73.2 cm³/mol. The van der Waals surface area contributed by atoms with Crippen molar-refractivity contribution < 1.29 is 18.0 Å². The van der Waals surface area contributed by atoms with Crippen LogP contribution in [-0.4, -0.2) is 23.9 Å². The van der Waals surface area contributed by atoms with Crippen LogP contribution in [0.1, 0.15) is 30.4 Å². The smallest absolute Gasteiger partial charge is 0.341 e. The van der Waals surface area contributed by atoms with Crippen molar-refractivity contribution in [3.63, 3.8) is 0 Å². The third-order valence-corrected chi connectivity index (χ3v) is 3.87. The first-order valence-electron chi connectivity index (χ1n) is 6.94. The van der Waals surface area contributed by atoms with Gasteiger partial charge in [0.1, 0.15) is 0 Å². The quantitative estimate of drug-likeness (QED) is 0.933. The molecule has 0 saturated heterocycles. The van der Waals surface area contributed by atoms with Crippen molar-refractivity contribution in [2.45, 2.75) is 38.0 Å². The van der Waals surface area contributed by atoms with Gasteiger partial charge in [0, 0.05) is 25.6 Å². The number of hydrogen-bond acceptors (Lipinski definition) is 2. The van der Waals surface area contributed by atoms with Gasteiger partial charge < -0.3 is 10.6 Å². The monoisotopic (exact) mass is 300 g/mol. The Morgan fingerprint density at radius 2 is 2.10 bits per heavy atom. The molecule has 1 amide bonds. The third-order valence-electron chi connectivity index (χ3n) is 3.87. The van der Waals surface area contributed by atoms with Crippen molar-refractivity contribution in [1.29, 1.82) is 0 Å². The maximum Gasteiger partial charge on any atom is 0.416 e. The van der Waals surface area contributed by atoms with E-state index in [9.17, 15) is 18.0 Å². The van der Waals surface area contributed by atoms with Gasteiger partial charge in [-0.1, -0.05) is 12.1 Å². The number of benzene rings is 1. The molecule has 2 N–H and O–H groups in total. The number of amides is 1. The highest BCUT2D eigenvalue weighted by molar-refractivity contribution is 5.79. The number of nitrogens with zero attached hydrogens (tertiary/aromatic N) is 1. The molecule has 2 atom stereocenters. The third kappa shape index (κ3) is 3.97. The molecule has 1 saturated carbocycles. The first-order chi connectivity index (χ1) is 9.77. The van der Waals surface area contributed by atoms with E-state index < -0.39 is 11.7 Å². The van der Waals surface area contributed by atoms with Gasteiger partial charge in [0.25, 0.3) is 0 Å². The van der Waals surface area contributed by atoms with Crippen molar-refractivity contribution in [2.24, 2.45) is 11.7 Å². The van der Waals surface area contributed by atoms with Crippen LogP contribution in [0.15, 0.2) is 24.3 Å². The van der Waals surface area contributed by atoms with E-state index in [1.54, 1.807) is 13.1 Å².